The Morgan fingerprint density at radius 2 is 1.83 bits per heavy atom. The van der Waals surface area contributed by atoms with Gasteiger partial charge in [0.15, 0.2) is 5.06 Å². The predicted octanol–water partition coefficient (Wildman–Crippen LogP) is -0.807. The Kier molecular flexibility index (Phi) is 10.9. The molecule has 0 unspecified atom stereocenters. The number of hydrogen-bond acceptors (Lipinski definition) is 6. The molecule has 7 heteroatoms. The number of aliphatic carboxylic acids is 1. The van der Waals surface area contributed by atoms with Gasteiger partial charge < -0.3 is 19.4 Å². The number of ether oxygens (including phenoxy) is 2. The van der Waals surface area contributed by atoms with Gasteiger partial charge in [0.1, 0.15) is 5.97 Å². The Bertz CT molecular complexity index is 494. The molecule has 0 radical (unpaired) electrons. The number of Topliss-reactive ketones (excluding diaryl/α,β-unsaturated/α-hetero) is 1. The van der Waals surface area contributed by atoms with Gasteiger partial charge in [0.2, 0.25) is 5.78 Å². The molecule has 0 atom stereocenters. The summed E-state index contributed by atoms with van der Waals surface area (Å²) in [6.07, 6.45) is 8.61. The molecular formula is C16H21KO5S. The summed E-state index contributed by atoms with van der Waals surface area (Å²) in [7, 11) is 0. The molecule has 1 heterocycles. The number of rotatable bonds is 8. The maximum absolute atomic E-state index is 11.2. The Morgan fingerprint density at radius 3 is 2.48 bits per heavy atom. The van der Waals surface area contributed by atoms with E-state index in [1.807, 2.05) is 0 Å². The molecule has 0 spiro atoms. The standard InChI is InChI=1S/C16H22O5S.K/c17-15(16(18)19)13-8-9-14(22-13)21-11-5-10-20-12-6-3-1-2-4-7-12;/h8-9,12H,1-7,10-11H2,(H,18,19);/q;+1/p-1. The summed E-state index contributed by atoms with van der Waals surface area (Å²) in [6, 6.07) is 3.05. The van der Waals surface area contributed by atoms with Crippen LogP contribution in [0.25, 0.3) is 0 Å². The number of hydrogen-bond donors (Lipinski definition) is 0. The second kappa shape index (κ2) is 11.7. The SMILES string of the molecule is O=C([O-])C(=O)c1ccc(OCCCOC2CCCCCC2)s1.[K+]. The molecule has 1 aromatic heterocycles. The number of carbonyl (C=O) groups excluding carboxylic acids is 2. The molecule has 1 aromatic rings. The van der Waals surface area contributed by atoms with Crippen LogP contribution in [0.15, 0.2) is 12.1 Å². The van der Waals surface area contributed by atoms with Crippen molar-refractivity contribution in [3.63, 3.8) is 0 Å². The quantitative estimate of drug-likeness (QED) is 0.198. The van der Waals surface area contributed by atoms with E-state index in [9.17, 15) is 14.7 Å². The van der Waals surface area contributed by atoms with Crippen LogP contribution in [-0.2, 0) is 9.53 Å². The normalized spacial score (nSPS) is 15.5. The van der Waals surface area contributed by atoms with E-state index in [0.717, 1.165) is 30.6 Å². The van der Waals surface area contributed by atoms with Crippen molar-refractivity contribution in [2.24, 2.45) is 0 Å². The average Bonchev–Trinajstić information content (AvgIpc) is 2.81. The van der Waals surface area contributed by atoms with E-state index in [1.165, 1.54) is 31.7 Å². The third-order valence-corrected chi connectivity index (χ3v) is 4.68. The predicted molar refractivity (Wildman–Crippen MR) is 81.2 cm³/mol. The molecule has 23 heavy (non-hydrogen) atoms. The minimum Gasteiger partial charge on any atom is -0.541 e. The Morgan fingerprint density at radius 1 is 1.13 bits per heavy atom. The molecular weight excluding hydrogens is 343 g/mol. The zero-order valence-electron chi connectivity index (χ0n) is 13.5. The second-order valence-corrected chi connectivity index (χ2v) is 6.47. The van der Waals surface area contributed by atoms with E-state index in [0.29, 0.717) is 24.4 Å². The maximum atomic E-state index is 11.2. The summed E-state index contributed by atoms with van der Waals surface area (Å²) in [5, 5.41) is 11.0. The van der Waals surface area contributed by atoms with Gasteiger partial charge in [0.05, 0.1) is 24.2 Å². The zero-order valence-corrected chi connectivity index (χ0v) is 17.5. The van der Waals surface area contributed by atoms with Crippen LogP contribution in [0.2, 0.25) is 0 Å². The van der Waals surface area contributed by atoms with Crippen LogP contribution in [0.4, 0.5) is 0 Å². The van der Waals surface area contributed by atoms with Crippen molar-refractivity contribution >= 4 is 23.1 Å². The van der Waals surface area contributed by atoms with Gasteiger partial charge >= 0.3 is 51.4 Å². The molecule has 0 saturated heterocycles. The van der Waals surface area contributed by atoms with Crippen molar-refractivity contribution in [2.45, 2.75) is 51.0 Å². The molecule has 0 bridgehead atoms. The second-order valence-electron chi connectivity index (χ2n) is 5.42. The summed E-state index contributed by atoms with van der Waals surface area (Å²) in [5.41, 5.74) is 0. The first-order valence-electron chi connectivity index (χ1n) is 7.76. The van der Waals surface area contributed by atoms with Crippen molar-refractivity contribution in [3.8, 4) is 5.06 Å². The summed E-state index contributed by atoms with van der Waals surface area (Å²) in [4.78, 5) is 21.8. The summed E-state index contributed by atoms with van der Waals surface area (Å²) in [5.74, 6) is -2.69. The van der Waals surface area contributed by atoms with Gasteiger partial charge in [0.25, 0.3) is 0 Å². The topological polar surface area (TPSA) is 75.7 Å². The van der Waals surface area contributed by atoms with Gasteiger partial charge in [-0.25, -0.2) is 0 Å². The van der Waals surface area contributed by atoms with E-state index in [-0.39, 0.29) is 56.3 Å². The molecule has 0 aromatic carbocycles. The van der Waals surface area contributed by atoms with Gasteiger partial charge in [-0.2, -0.15) is 0 Å². The van der Waals surface area contributed by atoms with Crippen molar-refractivity contribution in [1.29, 1.82) is 0 Å². The number of carboxylic acids is 1. The van der Waals surface area contributed by atoms with Crippen LogP contribution >= 0.6 is 11.3 Å². The first-order chi connectivity index (χ1) is 10.7. The first kappa shape index (κ1) is 21.3. The third kappa shape index (κ3) is 7.77. The van der Waals surface area contributed by atoms with Crippen LogP contribution in [0, 0.1) is 0 Å². The van der Waals surface area contributed by atoms with Gasteiger partial charge in [0, 0.05) is 6.42 Å². The molecule has 1 aliphatic carbocycles. The average molecular weight is 365 g/mol. The van der Waals surface area contributed by atoms with E-state index in [4.69, 9.17) is 9.47 Å². The summed E-state index contributed by atoms with van der Waals surface area (Å²) in [6.45, 7) is 1.16. The van der Waals surface area contributed by atoms with Gasteiger partial charge in [-0.05, 0) is 25.0 Å². The van der Waals surface area contributed by atoms with E-state index in [1.54, 1.807) is 6.07 Å². The van der Waals surface area contributed by atoms with E-state index in [2.05, 4.69) is 0 Å². The summed E-state index contributed by atoms with van der Waals surface area (Å²) >= 11 is 1.02. The van der Waals surface area contributed by atoms with Crippen LogP contribution in [0.5, 0.6) is 5.06 Å². The number of thiophene rings is 1. The van der Waals surface area contributed by atoms with Crippen LogP contribution < -0.4 is 61.2 Å². The first-order valence-corrected chi connectivity index (χ1v) is 8.58. The molecule has 1 aliphatic rings. The Labute approximate surface area is 183 Å². The Hall–Kier alpha value is 0.236. The van der Waals surface area contributed by atoms with Crippen molar-refractivity contribution in [2.75, 3.05) is 13.2 Å². The van der Waals surface area contributed by atoms with Crippen molar-refractivity contribution in [1.82, 2.24) is 0 Å². The molecule has 0 aliphatic heterocycles. The molecule has 5 nitrogen and oxygen atoms in total. The minimum atomic E-state index is -1.69. The largest absolute Gasteiger partial charge is 1.00 e. The van der Waals surface area contributed by atoms with Gasteiger partial charge in [-0.15, -0.1) is 0 Å². The fraction of sp³-hybridized carbons (Fsp3) is 0.625. The van der Waals surface area contributed by atoms with Crippen LogP contribution in [0.3, 0.4) is 0 Å². The van der Waals surface area contributed by atoms with E-state index < -0.39 is 11.8 Å². The number of carboxylic acid groups (broad SMARTS) is 1. The molecule has 0 N–H and O–H groups in total. The molecule has 1 saturated carbocycles. The van der Waals surface area contributed by atoms with E-state index >= 15 is 0 Å². The number of ketones is 1. The fourth-order valence-corrected chi connectivity index (χ4v) is 3.32. The minimum absolute atomic E-state index is 0. The fourth-order valence-electron chi connectivity index (χ4n) is 2.51. The smallest absolute Gasteiger partial charge is 0.541 e. The maximum Gasteiger partial charge on any atom is 1.00 e. The van der Waals surface area contributed by atoms with Gasteiger partial charge in [-0.3, -0.25) is 4.79 Å². The van der Waals surface area contributed by atoms with Gasteiger partial charge in [-0.1, -0.05) is 37.0 Å². The zero-order chi connectivity index (χ0) is 15.8. The summed E-state index contributed by atoms with van der Waals surface area (Å²) < 4.78 is 11.4. The van der Waals surface area contributed by atoms with Crippen molar-refractivity contribution < 1.29 is 75.6 Å². The van der Waals surface area contributed by atoms with Crippen LogP contribution in [0.1, 0.15) is 54.6 Å². The molecule has 122 valence electrons. The van der Waals surface area contributed by atoms with Crippen LogP contribution in [-0.4, -0.2) is 31.1 Å². The number of carbonyl (C=O) groups is 2. The molecule has 2 rings (SSSR count). The molecule has 0 amide bonds. The third-order valence-electron chi connectivity index (χ3n) is 3.68. The monoisotopic (exact) mass is 364 g/mol. The Balaban J connectivity index is 0.00000264. The van der Waals surface area contributed by atoms with Crippen molar-refractivity contribution in [3.05, 3.63) is 17.0 Å². The molecule has 1 fully saturated rings.